The monoisotopic (exact) mass is 209 g/mol. The molecule has 0 spiro atoms. The number of nitrogens with zero attached hydrogens (tertiary/aromatic N) is 2. The third-order valence-electron chi connectivity index (χ3n) is 2.17. The average Bonchev–Trinajstić information content (AvgIpc) is 2.19. The van der Waals surface area contributed by atoms with E-state index in [0.29, 0.717) is 5.56 Å². The van der Waals surface area contributed by atoms with E-state index in [0.717, 1.165) is 5.82 Å². The third kappa shape index (κ3) is 2.66. The standard InChI is InChI=1S/C10H15N3O2/c1-13(2)9-4-3-7(6-12-9)8(5-11)10(14)15/h3-4,6,8H,5,11H2,1-2H3,(H,14,15). The first-order valence-corrected chi connectivity index (χ1v) is 4.62. The fourth-order valence-corrected chi connectivity index (χ4v) is 1.25. The van der Waals surface area contributed by atoms with Gasteiger partial charge in [0.15, 0.2) is 0 Å². The van der Waals surface area contributed by atoms with E-state index in [2.05, 4.69) is 4.98 Å². The molecule has 1 unspecified atom stereocenters. The second-order valence-electron chi connectivity index (χ2n) is 3.47. The van der Waals surface area contributed by atoms with E-state index < -0.39 is 11.9 Å². The second-order valence-corrected chi connectivity index (χ2v) is 3.47. The Balaban J connectivity index is 2.92. The highest BCUT2D eigenvalue weighted by Gasteiger charge is 2.18. The number of carbonyl (C=O) groups is 1. The van der Waals surface area contributed by atoms with Crippen LogP contribution in [0.2, 0.25) is 0 Å². The van der Waals surface area contributed by atoms with Gasteiger partial charge in [-0.1, -0.05) is 6.07 Å². The van der Waals surface area contributed by atoms with Gasteiger partial charge in [-0.3, -0.25) is 4.79 Å². The third-order valence-corrected chi connectivity index (χ3v) is 2.17. The number of pyridine rings is 1. The SMILES string of the molecule is CN(C)c1ccc(C(CN)C(=O)O)cn1. The average molecular weight is 209 g/mol. The molecule has 1 aromatic heterocycles. The molecule has 15 heavy (non-hydrogen) atoms. The lowest BCUT2D eigenvalue weighted by Crippen LogP contribution is -2.21. The summed E-state index contributed by atoms with van der Waals surface area (Å²) >= 11 is 0. The van der Waals surface area contributed by atoms with Crippen molar-refractivity contribution in [1.29, 1.82) is 0 Å². The molecule has 82 valence electrons. The summed E-state index contributed by atoms with van der Waals surface area (Å²) in [7, 11) is 3.75. The van der Waals surface area contributed by atoms with Crippen molar-refractivity contribution in [3.8, 4) is 0 Å². The van der Waals surface area contributed by atoms with Crippen molar-refractivity contribution in [2.24, 2.45) is 5.73 Å². The number of rotatable bonds is 4. The summed E-state index contributed by atoms with van der Waals surface area (Å²) in [6.07, 6.45) is 1.56. The molecule has 1 aromatic rings. The largest absolute Gasteiger partial charge is 0.481 e. The molecule has 0 aliphatic heterocycles. The Labute approximate surface area is 88.5 Å². The normalized spacial score (nSPS) is 12.2. The first-order chi connectivity index (χ1) is 7.06. The lowest BCUT2D eigenvalue weighted by molar-refractivity contribution is -0.138. The first kappa shape index (κ1) is 11.5. The van der Waals surface area contributed by atoms with Gasteiger partial charge >= 0.3 is 5.97 Å². The molecule has 0 saturated carbocycles. The quantitative estimate of drug-likeness (QED) is 0.744. The highest BCUT2D eigenvalue weighted by molar-refractivity contribution is 5.76. The number of aliphatic carboxylic acids is 1. The number of nitrogens with two attached hydrogens (primary N) is 1. The predicted molar refractivity (Wildman–Crippen MR) is 58.0 cm³/mol. The Hall–Kier alpha value is -1.62. The van der Waals surface area contributed by atoms with Crippen molar-refractivity contribution in [3.05, 3.63) is 23.9 Å². The molecule has 0 radical (unpaired) electrons. The Morgan fingerprint density at radius 3 is 2.60 bits per heavy atom. The van der Waals surface area contributed by atoms with Gasteiger partial charge in [-0.25, -0.2) is 4.98 Å². The summed E-state index contributed by atoms with van der Waals surface area (Å²) in [5, 5.41) is 8.89. The van der Waals surface area contributed by atoms with Crippen LogP contribution in [0.15, 0.2) is 18.3 Å². The van der Waals surface area contributed by atoms with Gasteiger partial charge in [0.05, 0.1) is 5.92 Å². The Kier molecular flexibility index (Phi) is 3.62. The Bertz CT molecular complexity index is 335. The minimum Gasteiger partial charge on any atom is -0.481 e. The fourth-order valence-electron chi connectivity index (χ4n) is 1.25. The molecular formula is C10H15N3O2. The van der Waals surface area contributed by atoms with Crippen molar-refractivity contribution in [2.45, 2.75) is 5.92 Å². The van der Waals surface area contributed by atoms with Crippen LogP contribution < -0.4 is 10.6 Å². The second kappa shape index (κ2) is 4.75. The molecule has 3 N–H and O–H groups in total. The van der Waals surface area contributed by atoms with Crippen molar-refractivity contribution >= 4 is 11.8 Å². The van der Waals surface area contributed by atoms with Gasteiger partial charge in [-0.2, -0.15) is 0 Å². The van der Waals surface area contributed by atoms with E-state index >= 15 is 0 Å². The zero-order chi connectivity index (χ0) is 11.4. The van der Waals surface area contributed by atoms with Crippen LogP contribution in [-0.2, 0) is 4.79 Å². The smallest absolute Gasteiger partial charge is 0.312 e. The Morgan fingerprint density at radius 2 is 2.27 bits per heavy atom. The summed E-state index contributed by atoms with van der Waals surface area (Å²) in [6, 6.07) is 3.52. The van der Waals surface area contributed by atoms with E-state index in [1.165, 1.54) is 0 Å². The number of anilines is 1. The minimum absolute atomic E-state index is 0.0817. The van der Waals surface area contributed by atoms with E-state index in [-0.39, 0.29) is 6.54 Å². The number of carboxylic acid groups (broad SMARTS) is 1. The summed E-state index contributed by atoms with van der Waals surface area (Å²) < 4.78 is 0. The molecule has 0 aliphatic rings. The number of aromatic nitrogens is 1. The summed E-state index contributed by atoms with van der Waals surface area (Å²) in [6.45, 7) is 0.0817. The van der Waals surface area contributed by atoms with E-state index in [9.17, 15) is 4.79 Å². The van der Waals surface area contributed by atoms with E-state index in [1.54, 1.807) is 18.3 Å². The molecule has 0 bridgehead atoms. The predicted octanol–water partition coefficient (Wildman–Crippen LogP) is 0.275. The zero-order valence-corrected chi connectivity index (χ0v) is 8.84. The maximum atomic E-state index is 10.8. The van der Waals surface area contributed by atoms with E-state index in [4.69, 9.17) is 10.8 Å². The molecule has 1 atom stereocenters. The first-order valence-electron chi connectivity index (χ1n) is 4.62. The van der Waals surface area contributed by atoms with Crippen LogP contribution in [0.4, 0.5) is 5.82 Å². The number of carboxylic acids is 1. The highest BCUT2D eigenvalue weighted by Crippen LogP contribution is 2.16. The maximum absolute atomic E-state index is 10.8. The van der Waals surface area contributed by atoms with Gasteiger partial charge in [0.25, 0.3) is 0 Å². The van der Waals surface area contributed by atoms with Crippen LogP contribution in [-0.4, -0.2) is 36.7 Å². The van der Waals surface area contributed by atoms with Gasteiger partial charge in [0, 0.05) is 26.8 Å². The fraction of sp³-hybridized carbons (Fsp3) is 0.400. The van der Waals surface area contributed by atoms with Crippen LogP contribution in [0, 0.1) is 0 Å². The molecular weight excluding hydrogens is 194 g/mol. The maximum Gasteiger partial charge on any atom is 0.312 e. The summed E-state index contributed by atoms with van der Waals surface area (Å²) in [5.41, 5.74) is 6.02. The van der Waals surface area contributed by atoms with Crippen LogP contribution in [0.5, 0.6) is 0 Å². The van der Waals surface area contributed by atoms with Crippen LogP contribution >= 0.6 is 0 Å². The number of hydrogen-bond donors (Lipinski definition) is 2. The van der Waals surface area contributed by atoms with Crippen molar-refractivity contribution in [1.82, 2.24) is 4.98 Å². The molecule has 0 amide bonds. The van der Waals surface area contributed by atoms with Crippen LogP contribution in [0.25, 0.3) is 0 Å². The molecule has 0 fully saturated rings. The molecule has 0 saturated heterocycles. The summed E-state index contributed by atoms with van der Waals surface area (Å²) in [5.74, 6) is -0.800. The van der Waals surface area contributed by atoms with Crippen LogP contribution in [0.1, 0.15) is 11.5 Å². The van der Waals surface area contributed by atoms with Crippen molar-refractivity contribution < 1.29 is 9.90 Å². The van der Waals surface area contributed by atoms with Gasteiger partial charge in [-0.05, 0) is 11.6 Å². The molecule has 1 heterocycles. The highest BCUT2D eigenvalue weighted by atomic mass is 16.4. The molecule has 5 nitrogen and oxygen atoms in total. The molecule has 5 heteroatoms. The van der Waals surface area contributed by atoms with E-state index in [1.807, 2.05) is 19.0 Å². The Morgan fingerprint density at radius 1 is 1.60 bits per heavy atom. The zero-order valence-electron chi connectivity index (χ0n) is 8.84. The lowest BCUT2D eigenvalue weighted by atomic mass is 10.0. The van der Waals surface area contributed by atoms with Gasteiger partial charge in [-0.15, -0.1) is 0 Å². The molecule has 0 aromatic carbocycles. The number of hydrogen-bond acceptors (Lipinski definition) is 4. The lowest BCUT2D eigenvalue weighted by Gasteiger charge is -2.13. The van der Waals surface area contributed by atoms with Crippen molar-refractivity contribution in [2.75, 3.05) is 25.5 Å². The molecule has 1 rings (SSSR count). The topological polar surface area (TPSA) is 79.5 Å². The van der Waals surface area contributed by atoms with Gasteiger partial charge in [0.2, 0.25) is 0 Å². The summed E-state index contributed by atoms with van der Waals surface area (Å²) in [4.78, 5) is 16.8. The van der Waals surface area contributed by atoms with Gasteiger partial charge in [0.1, 0.15) is 5.82 Å². The minimum atomic E-state index is -0.920. The van der Waals surface area contributed by atoms with Crippen LogP contribution in [0.3, 0.4) is 0 Å². The van der Waals surface area contributed by atoms with Gasteiger partial charge < -0.3 is 15.7 Å². The molecule has 0 aliphatic carbocycles. The van der Waals surface area contributed by atoms with Crippen molar-refractivity contribution in [3.63, 3.8) is 0 Å².